The molecule has 0 spiro atoms. The van der Waals surface area contributed by atoms with Crippen molar-refractivity contribution in [3.63, 3.8) is 0 Å². The third-order valence-electron chi connectivity index (χ3n) is 2.95. The van der Waals surface area contributed by atoms with Crippen molar-refractivity contribution in [1.82, 2.24) is 10.2 Å². The fourth-order valence-electron chi connectivity index (χ4n) is 1.93. The molecular weight excluding hydrogens is 230 g/mol. The lowest BCUT2D eigenvalue weighted by Gasteiger charge is -2.23. The lowest BCUT2D eigenvalue weighted by Crippen LogP contribution is -2.40. The molecule has 0 unspecified atom stereocenters. The van der Waals surface area contributed by atoms with Gasteiger partial charge in [-0.2, -0.15) is 0 Å². The maximum absolute atomic E-state index is 12.1. The molecule has 18 heavy (non-hydrogen) atoms. The second kappa shape index (κ2) is 8.91. The van der Waals surface area contributed by atoms with Crippen LogP contribution in [0, 0.1) is 11.8 Å². The number of nitrogens with two attached hydrogens (primary N) is 1. The molecule has 0 fully saturated rings. The van der Waals surface area contributed by atoms with Gasteiger partial charge in [0.1, 0.15) is 0 Å². The highest BCUT2D eigenvalue weighted by Gasteiger charge is 2.19. The number of hydrogen-bond acceptors (Lipinski definition) is 3. The van der Waals surface area contributed by atoms with Crippen LogP contribution in [-0.4, -0.2) is 43.4 Å². The quantitative estimate of drug-likeness (QED) is 0.668. The minimum Gasteiger partial charge on any atom is -0.358 e. The molecule has 2 amide bonds. The van der Waals surface area contributed by atoms with Gasteiger partial charge in [0, 0.05) is 20.0 Å². The topological polar surface area (TPSA) is 75.4 Å². The molecule has 0 bridgehead atoms. The van der Waals surface area contributed by atoms with Gasteiger partial charge in [0.15, 0.2) is 0 Å². The predicted octanol–water partition coefficient (Wildman–Crippen LogP) is 0.592. The molecule has 3 N–H and O–H groups in total. The molecule has 0 saturated heterocycles. The van der Waals surface area contributed by atoms with Gasteiger partial charge in [0.25, 0.3) is 0 Å². The van der Waals surface area contributed by atoms with Gasteiger partial charge in [-0.3, -0.25) is 9.59 Å². The van der Waals surface area contributed by atoms with Crippen LogP contribution in [0.25, 0.3) is 0 Å². The third kappa shape index (κ3) is 6.59. The van der Waals surface area contributed by atoms with Gasteiger partial charge < -0.3 is 16.0 Å². The highest BCUT2D eigenvalue weighted by Crippen LogP contribution is 2.15. The smallest absolute Gasteiger partial charge is 0.239 e. The standard InChI is InChI=1S/C13H27N3O2/c1-5-16(9-12(17)15-4)13(18)7-11(8-14)6-10(2)3/h10-11H,5-9,14H2,1-4H3,(H,15,17)/t11-/m0/s1. The lowest BCUT2D eigenvalue weighted by molar-refractivity contribution is -0.136. The Bertz CT molecular complexity index is 267. The summed E-state index contributed by atoms with van der Waals surface area (Å²) >= 11 is 0. The molecule has 0 aromatic heterocycles. The summed E-state index contributed by atoms with van der Waals surface area (Å²) in [6, 6.07) is 0. The number of likely N-dealkylation sites (N-methyl/N-ethyl adjacent to an activating group) is 2. The molecular formula is C13H27N3O2. The van der Waals surface area contributed by atoms with E-state index in [0.29, 0.717) is 25.4 Å². The Morgan fingerprint density at radius 1 is 1.33 bits per heavy atom. The van der Waals surface area contributed by atoms with Crippen LogP contribution < -0.4 is 11.1 Å². The van der Waals surface area contributed by atoms with Crippen molar-refractivity contribution in [2.24, 2.45) is 17.6 Å². The number of nitrogens with zero attached hydrogens (tertiary/aromatic N) is 1. The van der Waals surface area contributed by atoms with Crippen LogP contribution in [-0.2, 0) is 9.59 Å². The number of hydrogen-bond donors (Lipinski definition) is 2. The summed E-state index contributed by atoms with van der Waals surface area (Å²) in [7, 11) is 1.57. The number of rotatable bonds is 8. The van der Waals surface area contributed by atoms with Crippen LogP contribution in [0.1, 0.15) is 33.6 Å². The fraction of sp³-hybridized carbons (Fsp3) is 0.846. The Kier molecular flexibility index (Phi) is 8.37. The van der Waals surface area contributed by atoms with E-state index in [4.69, 9.17) is 5.73 Å². The molecule has 5 heteroatoms. The van der Waals surface area contributed by atoms with Crippen molar-refractivity contribution in [3.05, 3.63) is 0 Å². The first kappa shape index (κ1) is 16.9. The Balaban J connectivity index is 4.36. The second-order valence-electron chi connectivity index (χ2n) is 5.02. The van der Waals surface area contributed by atoms with E-state index in [1.807, 2.05) is 6.92 Å². The molecule has 0 saturated carbocycles. The van der Waals surface area contributed by atoms with Crippen molar-refractivity contribution < 1.29 is 9.59 Å². The number of carbonyl (C=O) groups is 2. The van der Waals surface area contributed by atoms with E-state index in [0.717, 1.165) is 6.42 Å². The molecule has 0 aromatic rings. The first-order chi connectivity index (χ1) is 8.44. The summed E-state index contributed by atoms with van der Waals surface area (Å²) in [4.78, 5) is 24.9. The van der Waals surface area contributed by atoms with E-state index in [-0.39, 0.29) is 24.3 Å². The van der Waals surface area contributed by atoms with Crippen molar-refractivity contribution >= 4 is 11.8 Å². The van der Waals surface area contributed by atoms with Gasteiger partial charge in [0.2, 0.25) is 11.8 Å². The van der Waals surface area contributed by atoms with Gasteiger partial charge >= 0.3 is 0 Å². The average molecular weight is 257 g/mol. The Morgan fingerprint density at radius 2 is 1.94 bits per heavy atom. The molecule has 5 nitrogen and oxygen atoms in total. The van der Waals surface area contributed by atoms with Crippen molar-refractivity contribution in [3.8, 4) is 0 Å². The van der Waals surface area contributed by atoms with E-state index in [9.17, 15) is 9.59 Å². The van der Waals surface area contributed by atoms with Crippen LogP contribution in [0.2, 0.25) is 0 Å². The summed E-state index contributed by atoms with van der Waals surface area (Å²) in [6.45, 7) is 7.31. The molecule has 0 aliphatic heterocycles. The van der Waals surface area contributed by atoms with Gasteiger partial charge in [-0.05, 0) is 31.7 Å². The summed E-state index contributed by atoms with van der Waals surface area (Å²) in [5, 5.41) is 2.53. The van der Waals surface area contributed by atoms with E-state index in [1.165, 1.54) is 0 Å². The maximum Gasteiger partial charge on any atom is 0.239 e. The molecule has 0 radical (unpaired) electrons. The van der Waals surface area contributed by atoms with E-state index in [2.05, 4.69) is 19.2 Å². The largest absolute Gasteiger partial charge is 0.358 e. The lowest BCUT2D eigenvalue weighted by atomic mass is 9.94. The summed E-state index contributed by atoms with van der Waals surface area (Å²) in [6.07, 6.45) is 1.37. The average Bonchev–Trinajstić information content (AvgIpc) is 2.33. The first-order valence-electron chi connectivity index (χ1n) is 6.62. The van der Waals surface area contributed by atoms with Gasteiger partial charge in [0.05, 0.1) is 6.54 Å². The Labute approximate surface area is 110 Å². The molecule has 1 atom stereocenters. The fourth-order valence-corrected chi connectivity index (χ4v) is 1.93. The third-order valence-corrected chi connectivity index (χ3v) is 2.95. The number of nitrogens with one attached hydrogen (secondary N) is 1. The molecule has 0 aliphatic carbocycles. The highest BCUT2D eigenvalue weighted by molar-refractivity contribution is 5.84. The maximum atomic E-state index is 12.1. The molecule has 0 heterocycles. The monoisotopic (exact) mass is 257 g/mol. The predicted molar refractivity (Wildman–Crippen MR) is 72.9 cm³/mol. The normalized spacial score (nSPS) is 12.3. The second-order valence-corrected chi connectivity index (χ2v) is 5.02. The molecule has 0 aromatic carbocycles. The van der Waals surface area contributed by atoms with E-state index < -0.39 is 0 Å². The number of amides is 2. The minimum absolute atomic E-state index is 0.0113. The van der Waals surface area contributed by atoms with Crippen molar-refractivity contribution in [2.45, 2.75) is 33.6 Å². The summed E-state index contributed by atoms with van der Waals surface area (Å²) in [5.74, 6) is 0.604. The van der Waals surface area contributed by atoms with Crippen molar-refractivity contribution in [2.75, 3.05) is 26.7 Å². The van der Waals surface area contributed by atoms with Crippen LogP contribution in [0.5, 0.6) is 0 Å². The van der Waals surface area contributed by atoms with Crippen LogP contribution in [0.3, 0.4) is 0 Å². The zero-order valence-corrected chi connectivity index (χ0v) is 12.0. The Hall–Kier alpha value is -1.10. The van der Waals surface area contributed by atoms with Crippen LogP contribution in [0.4, 0.5) is 0 Å². The van der Waals surface area contributed by atoms with Gasteiger partial charge in [-0.15, -0.1) is 0 Å². The SMILES string of the molecule is CCN(CC(=O)NC)C(=O)C[C@@H](CN)CC(C)C. The zero-order chi connectivity index (χ0) is 14.1. The summed E-state index contributed by atoms with van der Waals surface area (Å²) < 4.78 is 0. The first-order valence-corrected chi connectivity index (χ1v) is 6.62. The molecule has 0 rings (SSSR count). The summed E-state index contributed by atoms with van der Waals surface area (Å²) in [5.41, 5.74) is 5.69. The highest BCUT2D eigenvalue weighted by atomic mass is 16.2. The zero-order valence-electron chi connectivity index (χ0n) is 12.0. The van der Waals surface area contributed by atoms with Crippen LogP contribution in [0.15, 0.2) is 0 Å². The van der Waals surface area contributed by atoms with Crippen molar-refractivity contribution in [1.29, 1.82) is 0 Å². The molecule has 0 aliphatic rings. The Morgan fingerprint density at radius 3 is 2.33 bits per heavy atom. The van der Waals surface area contributed by atoms with Gasteiger partial charge in [-0.25, -0.2) is 0 Å². The van der Waals surface area contributed by atoms with Gasteiger partial charge in [-0.1, -0.05) is 13.8 Å². The minimum atomic E-state index is -0.140. The number of carbonyl (C=O) groups excluding carboxylic acids is 2. The molecule has 106 valence electrons. The van der Waals surface area contributed by atoms with E-state index in [1.54, 1.807) is 11.9 Å². The van der Waals surface area contributed by atoms with E-state index >= 15 is 0 Å². The van der Waals surface area contributed by atoms with Crippen LogP contribution >= 0.6 is 0 Å².